The highest BCUT2D eigenvalue weighted by atomic mass is 16.6. The lowest BCUT2D eigenvalue weighted by atomic mass is 10.1. The molecule has 1 N–H and O–H groups in total. The molecular weight excluding hydrogens is 270 g/mol. The van der Waals surface area contributed by atoms with Crippen molar-refractivity contribution >= 4 is 11.4 Å². The zero-order valence-electron chi connectivity index (χ0n) is 13.0. The second-order valence-corrected chi connectivity index (χ2v) is 5.95. The zero-order valence-corrected chi connectivity index (χ0v) is 13.0. The van der Waals surface area contributed by atoms with E-state index < -0.39 is 4.92 Å². The standard InChI is InChI=1S/C15H23N3O3/c1-10(2)21-15-7-13(5-6-14(15)18(19)20)17-8-11(3)16-12(4)9-17/h5-7,10-12,16H,8-9H2,1-4H3. The van der Waals surface area contributed by atoms with E-state index in [0.29, 0.717) is 17.8 Å². The molecule has 0 radical (unpaired) electrons. The van der Waals surface area contributed by atoms with Crippen LogP contribution in [0.15, 0.2) is 18.2 Å². The van der Waals surface area contributed by atoms with Gasteiger partial charge < -0.3 is 15.0 Å². The molecule has 2 atom stereocenters. The van der Waals surface area contributed by atoms with Crippen molar-refractivity contribution in [3.05, 3.63) is 28.3 Å². The van der Waals surface area contributed by atoms with Crippen molar-refractivity contribution in [1.29, 1.82) is 0 Å². The van der Waals surface area contributed by atoms with Crippen LogP contribution in [0.2, 0.25) is 0 Å². The Labute approximate surface area is 125 Å². The smallest absolute Gasteiger partial charge is 0.311 e. The van der Waals surface area contributed by atoms with Gasteiger partial charge in [-0.25, -0.2) is 0 Å². The lowest BCUT2D eigenvalue weighted by molar-refractivity contribution is -0.386. The van der Waals surface area contributed by atoms with E-state index in [1.807, 2.05) is 13.8 Å². The van der Waals surface area contributed by atoms with E-state index >= 15 is 0 Å². The Kier molecular flexibility index (Phi) is 4.67. The summed E-state index contributed by atoms with van der Waals surface area (Å²) in [4.78, 5) is 12.9. The van der Waals surface area contributed by atoms with Crippen LogP contribution in [0.25, 0.3) is 0 Å². The van der Waals surface area contributed by atoms with Crippen LogP contribution < -0.4 is 15.0 Å². The van der Waals surface area contributed by atoms with Crippen molar-refractivity contribution < 1.29 is 9.66 Å². The Balaban J connectivity index is 2.30. The van der Waals surface area contributed by atoms with E-state index in [1.165, 1.54) is 6.07 Å². The zero-order chi connectivity index (χ0) is 15.6. The van der Waals surface area contributed by atoms with E-state index in [1.54, 1.807) is 12.1 Å². The van der Waals surface area contributed by atoms with Crippen LogP contribution in [0, 0.1) is 10.1 Å². The highest BCUT2D eigenvalue weighted by Gasteiger charge is 2.24. The molecule has 1 aromatic carbocycles. The minimum absolute atomic E-state index is 0.0173. The fourth-order valence-electron chi connectivity index (χ4n) is 2.74. The Morgan fingerprint density at radius 2 is 1.95 bits per heavy atom. The van der Waals surface area contributed by atoms with Gasteiger partial charge >= 0.3 is 5.69 Å². The Morgan fingerprint density at radius 1 is 1.33 bits per heavy atom. The first-order chi connectivity index (χ1) is 9.86. The topological polar surface area (TPSA) is 67.6 Å². The molecule has 1 aliphatic rings. The molecule has 2 unspecified atom stereocenters. The second-order valence-electron chi connectivity index (χ2n) is 5.95. The van der Waals surface area contributed by atoms with E-state index in [-0.39, 0.29) is 11.8 Å². The highest BCUT2D eigenvalue weighted by molar-refractivity contribution is 5.59. The minimum atomic E-state index is -0.398. The number of rotatable bonds is 4. The van der Waals surface area contributed by atoms with E-state index in [2.05, 4.69) is 24.1 Å². The van der Waals surface area contributed by atoms with Gasteiger partial charge in [-0.05, 0) is 33.8 Å². The number of nitro benzene ring substituents is 1. The van der Waals surface area contributed by atoms with Crippen LogP contribution in [-0.2, 0) is 0 Å². The third-order valence-electron chi connectivity index (χ3n) is 3.43. The summed E-state index contributed by atoms with van der Waals surface area (Å²) in [6.07, 6.45) is -0.0974. The van der Waals surface area contributed by atoms with Crippen molar-refractivity contribution in [3.8, 4) is 5.75 Å². The van der Waals surface area contributed by atoms with Gasteiger partial charge in [0, 0.05) is 43.0 Å². The number of nitrogens with one attached hydrogen (secondary N) is 1. The lowest BCUT2D eigenvalue weighted by Crippen LogP contribution is -2.54. The van der Waals surface area contributed by atoms with Crippen LogP contribution in [0.1, 0.15) is 27.7 Å². The summed E-state index contributed by atoms with van der Waals surface area (Å²) in [6, 6.07) is 5.89. The molecule has 1 aliphatic heterocycles. The quantitative estimate of drug-likeness (QED) is 0.682. The average molecular weight is 293 g/mol. The molecule has 2 rings (SSSR count). The molecule has 21 heavy (non-hydrogen) atoms. The van der Waals surface area contributed by atoms with Crippen LogP contribution in [0.4, 0.5) is 11.4 Å². The summed E-state index contributed by atoms with van der Waals surface area (Å²) in [5, 5.41) is 14.6. The predicted molar refractivity (Wildman–Crippen MR) is 83.1 cm³/mol. The third kappa shape index (κ3) is 3.85. The van der Waals surface area contributed by atoms with Gasteiger partial charge in [0.15, 0.2) is 5.75 Å². The SMILES string of the molecule is CC1CN(c2ccc([N+](=O)[O-])c(OC(C)C)c2)CC(C)N1. The number of piperazine rings is 1. The van der Waals surface area contributed by atoms with Crippen molar-refractivity contribution in [3.63, 3.8) is 0 Å². The molecule has 1 heterocycles. The first-order valence-corrected chi connectivity index (χ1v) is 7.33. The average Bonchev–Trinajstić information content (AvgIpc) is 2.36. The minimum Gasteiger partial charge on any atom is -0.484 e. The number of benzene rings is 1. The summed E-state index contributed by atoms with van der Waals surface area (Å²) in [5.74, 6) is 0.339. The fraction of sp³-hybridized carbons (Fsp3) is 0.600. The van der Waals surface area contributed by atoms with Crippen molar-refractivity contribution in [1.82, 2.24) is 5.32 Å². The molecule has 1 saturated heterocycles. The first kappa shape index (κ1) is 15.6. The Morgan fingerprint density at radius 3 is 2.48 bits per heavy atom. The number of nitro groups is 1. The van der Waals surface area contributed by atoms with E-state index in [4.69, 9.17) is 4.74 Å². The molecule has 116 valence electrons. The highest BCUT2D eigenvalue weighted by Crippen LogP contribution is 2.33. The van der Waals surface area contributed by atoms with Crippen LogP contribution >= 0.6 is 0 Å². The fourth-order valence-corrected chi connectivity index (χ4v) is 2.74. The molecule has 1 fully saturated rings. The van der Waals surface area contributed by atoms with Gasteiger partial charge in [-0.15, -0.1) is 0 Å². The second kappa shape index (κ2) is 6.30. The number of ether oxygens (including phenoxy) is 1. The molecule has 0 spiro atoms. The third-order valence-corrected chi connectivity index (χ3v) is 3.43. The number of hydrogen-bond donors (Lipinski definition) is 1. The van der Waals surface area contributed by atoms with Crippen molar-refractivity contribution in [2.24, 2.45) is 0 Å². The molecular formula is C15H23N3O3. The maximum atomic E-state index is 11.1. The Bertz CT molecular complexity index is 509. The van der Waals surface area contributed by atoms with Gasteiger partial charge in [0.2, 0.25) is 0 Å². The van der Waals surface area contributed by atoms with E-state index in [0.717, 1.165) is 18.8 Å². The first-order valence-electron chi connectivity index (χ1n) is 7.33. The van der Waals surface area contributed by atoms with Gasteiger partial charge in [0.1, 0.15) is 0 Å². The van der Waals surface area contributed by atoms with Crippen LogP contribution in [0.5, 0.6) is 5.75 Å². The van der Waals surface area contributed by atoms with Gasteiger partial charge in [0.05, 0.1) is 11.0 Å². The van der Waals surface area contributed by atoms with Crippen LogP contribution in [-0.4, -0.2) is 36.2 Å². The van der Waals surface area contributed by atoms with Gasteiger partial charge in [-0.1, -0.05) is 0 Å². The van der Waals surface area contributed by atoms with E-state index in [9.17, 15) is 10.1 Å². The summed E-state index contributed by atoms with van der Waals surface area (Å²) in [7, 11) is 0. The number of hydrogen-bond acceptors (Lipinski definition) is 5. The Hall–Kier alpha value is -1.82. The molecule has 0 aromatic heterocycles. The van der Waals surface area contributed by atoms with Gasteiger partial charge in [-0.3, -0.25) is 10.1 Å². The largest absolute Gasteiger partial charge is 0.484 e. The summed E-state index contributed by atoms with van der Waals surface area (Å²) >= 11 is 0. The number of anilines is 1. The summed E-state index contributed by atoms with van der Waals surface area (Å²) in [6.45, 7) is 9.77. The van der Waals surface area contributed by atoms with Gasteiger partial charge in [0.25, 0.3) is 0 Å². The normalized spacial score (nSPS) is 22.4. The van der Waals surface area contributed by atoms with Crippen LogP contribution in [0.3, 0.4) is 0 Å². The molecule has 0 amide bonds. The molecule has 1 aromatic rings. The monoisotopic (exact) mass is 293 g/mol. The summed E-state index contributed by atoms with van der Waals surface area (Å²) < 4.78 is 5.61. The molecule has 6 heteroatoms. The van der Waals surface area contributed by atoms with Crippen molar-refractivity contribution in [2.45, 2.75) is 45.9 Å². The predicted octanol–water partition coefficient (Wildman–Crippen LogP) is 2.57. The number of nitrogens with zero attached hydrogens (tertiary/aromatic N) is 2. The maximum absolute atomic E-state index is 11.1. The lowest BCUT2D eigenvalue weighted by Gasteiger charge is -2.37. The molecule has 0 bridgehead atoms. The summed E-state index contributed by atoms with van der Waals surface area (Å²) in [5.41, 5.74) is 0.986. The molecule has 0 saturated carbocycles. The maximum Gasteiger partial charge on any atom is 0.311 e. The molecule has 0 aliphatic carbocycles. The van der Waals surface area contributed by atoms with Gasteiger partial charge in [-0.2, -0.15) is 0 Å². The van der Waals surface area contributed by atoms with Crippen molar-refractivity contribution in [2.75, 3.05) is 18.0 Å². The molecule has 6 nitrogen and oxygen atoms in total.